The number of ether oxygens (including phenoxy) is 1. The second-order valence-electron chi connectivity index (χ2n) is 4.56. The number of nitrogens with one attached hydrogen (secondary N) is 1. The molecule has 4 heteroatoms. The maximum Gasteiger partial charge on any atom is 0.340 e. The summed E-state index contributed by atoms with van der Waals surface area (Å²) in [5.74, 6) is -0.266. The summed E-state index contributed by atoms with van der Waals surface area (Å²) in [6.45, 7) is 4.71. The Morgan fingerprint density at radius 3 is 2.78 bits per heavy atom. The Morgan fingerprint density at radius 2 is 2.11 bits per heavy atom. The van der Waals surface area contributed by atoms with E-state index in [4.69, 9.17) is 4.74 Å². The fourth-order valence-electron chi connectivity index (χ4n) is 2.62. The lowest BCUT2D eigenvalue weighted by molar-refractivity contribution is 0.0603. The lowest BCUT2D eigenvalue weighted by atomic mass is 10.1. The third-order valence-corrected chi connectivity index (χ3v) is 3.58. The van der Waals surface area contributed by atoms with Crippen molar-refractivity contribution in [1.29, 1.82) is 0 Å². The maximum atomic E-state index is 11.8. The largest absolute Gasteiger partial charge is 0.465 e. The van der Waals surface area contributed by atoms with Gasteiger partial charge in [-0.15, -0.1) is 0 Å². The maximum absolute atomic E-state index is 11.8. The predicted molar refractivity (Wildman–Crippen MR) is 69.5 cm³/mol. The van der Waals surface area contributed by atoms with E-state index < -0.39 is 0 Å². The minimum Gasteiger partial charge on any atom is -0.465 e. The van der Waals surface area contributed by atoms with Crippen LogP contribution in [0.5, 0.6) is 0 Å². The van der Waals surface area contributed by atoms with Crippen LogP contribution < -0.4 is 5.32 Å². The lowest BCUT2D eigenvalue weighted by Crippen LogP contribution is -2.00. The van der Waals surface area contributed by atoms with Gasteiger partial charge in [0.1, 0.15) is 0 Å². The van der Waals surface area contributed by atoms with Gasteiger partial charge in [0, 0.05) is 36.7 Å². The number of hydrogen-bond donors (Lipinski definition) is 1. The summed E-state index contributed by atoms with van der Waals surface area (Å²) in [5.41, 5.74) is 4.37. The summed E-state index contributed by atoms with van der Waals surface area (Å²) >= 11 is 0. The normalized spacial score (nSPS) is 13.9. The zero-order valence-corrected chi connectivity index (χ0v) is 10.6. The summed E-state index contributed by atoms with van der Waals surface area (Å²) in [6.07, 6.45) is 1.89. The number of methoxy groups -OCH3 is 1. The fourth-order valence-corrected chi connectivity index (χ4v) is 2.62. The van der Waals surface area contributed by atoms with Crippen molar-refractivity contribution >= 4 is 16.9 Å². The number of benzene rings is 1. The number of aromatic nitrogens is 1. The van der Waals surface area contributed by atoms with E-state index in [1.54, 1.807) is 0 Å². The van der Waals surface area contributed by atoms with Gasteiger partial charge in [0.2, 0.25) is 0 Å². The van der Waals surface area contributed by atoms with Gasteiger partial charge in [0.15, 0.2) is 0 Å². The van der Waals surface area contributed by atoms with Gasteiger partial charge in [-0.25, -0.2) is 4.79 Å². The number of aryl methyl sites for hydroxylation is 1. The van der Waals surface area contributed by atoms with Gasteiger partial charge in [-0.3, -0.25) is 0 Å². The molecule has 0 bridgehead atoms. The van der Waals surface area contributed by atoms with Gasteiger partial charge in [-0.05, 0) is 30.2 Å². The van der Waals surface area contributed by atoms with Crippen molar-refractivity contribution in [3.8, 4) is 0 Å². The molecular formula is C14H16N2O2. The highest BCUT2D eigenvalue weighted by Gasteiger charge is 2.19. The van der Waals surface area contributed by atoms with Crippen LogP contribution in [-0.2, 0) is 24.4 Å². The highest BCUT2D eigenvalue weighted by molar-refractivity contribution is 6.04. The van der Waals surface area contributed by atoms with Crippen molar-refractivity contribution in [2.75, 3.05) is 7.11 Å². The second kappa shape index (κ2) is 4.14. The van der Waals surface area contributed by atoms with E-state index in [9.17, 15) is 4.79 Å². The molecule has 1 aliphatic heterocycles. The van der Waals surface area contributed by atoms with E-state index in [0.717, 1.165) is 30.5 Å². The Balaban J connectivity index is 2.28. The van der Waals surface area contributed by atoms with E-state index >= 15 is 0 Å². The van der Waals surface area contributed by atoms with Crippen LogP contribution in [0.25, 0.3) is 10.9 Å². The summed E-state index contributed by atoms with van der Waals surface area (Å²) in [7, 11) is 1.42. The number of rotatable bonds is 2. The highest BCUT2D eigenvalue weighted by Crippen LogP contribution is 2.28. The molecule has 0 unspecified atom stereocenters. The van der Waals surface area contributed by atoms with Crippen LogP contribution in [0.4, 0.5) is 0 Å². The molecule has 0 aliphatic carbocycles. The van der Waals surface area contributed by atoms with Crippen LogP contribution in [0, 0.1) is 0 Å². The fraction of sp³-hybridized carbons (Fsp3) is 0.357. The molecule has 0 atom stereocenters. The summed E-state index contributed by atoms with van der Waals surface area (Å²) in [6, 6.07) is 4.30. The van der Waals surface area contributed by atoms with E-state index in [1.165, 1.54) is 18.2 Å². The van der Waals surface area contributed by atoms with Crippen molar-refractivity contribution in [3.63, 3.8) is 0 Å². The molecule has 0 radical (unpaired) electrons. The van der Waals surface area contributed by atoms with Gasteiger partial charge in [0.25, 0.3) is 0 Å². The average Bonchev–Trinajstić information content (AvgIpc) is 2.98. The molecule has 0 saturated carbocycles. The van der Waals surface area contributed by atoms with Gasteiger partial charge >= 0.3 is 5.97 Å². The minimum absolute atomic E-state index is 0.266. The van der Waals surface area contributed by atoms with Crippen molar-refractivity contribution < 1.29 is 9.53 Å². The Kier molecular flexibility index (Phi) is 2.59. The molecule has 94 valence electrons. The first-order valence-electron chi connectivity index (χ1n) is 6.18. The zero-order valence-electron chi connectivity index (χ0n) is 10.6. The van der Waals surface area contributed by atoms with Crippen LogP contribution in [0.1, 0.15) is 28.4 Å². The number of hydrogen-bond acceptors (Lipinski definition) is 3. The Bertz CT molecular complexity index is 628. The number of esters is 1. The molecule has 4 nitrogen and oxygen atoms in total. The van der Waals surface area contributed by atoms with Crippen molar-refractivity contribution in [1.82, 2.24) is 9.88 Å². The van der Waals surface area contributed by atoms with Crippen LogP contribution >= 0.6 is 0 Å². The number of nitrogens with zero attached hydrogens (tertiary/aromatic N) is 1. The Labute approximate surface area is 106 Å². The first-order chi connectivity index (χ1) is 8.74. The monoisotopic (exact) mass is 244 g/mol. The van der Waals surface area contributed by atoms with Crippen LogP contribution in [0.2, 0.25) is 0 Å². The molecule has 1 aliphatic rings. The first-order valence-corrected chi connectivity index (χ1v) is 6.18. The van der Waals surface area contributed by atoms with Crippen LogP contribution in [0.3, 0.4) is 0 Å². The molecule has 3 rings (SSSR count). The molecule has 1 aromatic carbocycles. The first kappa shape index (κ1) is 11.3. The summed E-state index contributed by atoms with van der Waals surface area (Å²) in [4.78, 5) is 11.8. The SMILES string of the molecule is CCn1cc(C(=O)OC)c2cc3c(cc21)CNC3. The summed E-state index contributed by atoms with van der Waals surface area (Å²) in [5, 5.41) is 4.32. The smallest absolute Gasteiger partial charge is 0.340 e. The van der Waals surface area contributed by atoms with E-state index in [1.807, 2.05) is 6.20 Å². The molecule has 0 amide bonds. The van der Waals surface area contributed by atoms with Gasteiger partial charge in [-0.1, -0.05) is 0 Å². The molecule has 0 fully saturated rings. The predicted octanol–water partition coefficient (Wildman–Crippen LogP) is 2.05. The van der Waals surface area contributed by atoms with E-state index in [2.05, 4.69) is 28.9 Å². The minimum atomic E-state index is -0.266. The Morgan fingerprint density at radius 1 is 1.39 bits per heavy atom. The number of carbonyl (C=O) groups excluding carboxylic acids is 1. The third kappa shape index (κ3) is 1.53. The Hall–Kier alpha value is -1.81. The van der Waals surface area contributed by atoms with Crippen LogP contribution in [-0.4, -0.2) is 17.6 Å². The van der Waals surface area contributed by atoms with Crippen molar-refractivity contribution in [2.45, 2.75) is 26.6 Å². The summed E-state index contributed by atoms with van der Waals surface area (Å²) < 4.78 is 6.95. The topological polar surface area (TPSA) is 43.3 Å². The van der Waals surface area contributed by atoms with Crippen LogP contribution in [0.15, 0.2) is 18.3 Å². The molecule has 2 aromatic rings. The average molecular weight is 244 g/mol. The zero-order chi connectivity index (χ0) is 12.7. The molecular weight excluding hydrogens is 228 g/mol. The number of fused-ring (bicyclic) bond motifs is 2. The number of carbonyl (C=O) groups is 1. The van der Waals surface area contributed by atoms with Crippen molar-refractivity contribution in [2.24, 2.45) is 0 Å². The van der Waals surface area contributed by atoms with Gasteiger partial charge in [0.05, 0.1) is 12.7 Å². The van der Waals surface area contributed by atoms with Gasteiger partial charge < -0.3 is 14.6 Å². The molecule has 0 spiro atoms. The lowest BCUT2D eigenvalue weighted by Gasteiger charge is -2.03. The van der Waals surface area contributed by atoms with E-state index in [-0.39, 0.29) is 5.97 Å². The molecule has 1 aromatic heterocycles. The highest BCUT2D eigenvalue weighted by atomic mass is 16.5. The molecule has 1 N–H and O–H groups in total. The molecule has 0 saturated heterocycles. The van der Waals surface area contributed by atoms with Gasteiger partial charge in [-0.2, -0.15) is 0 Å². The standard InChI is InChI=1S/C14H16N2O2/c1-3-16-8-12(14(17)18-2)11-4-9-6-15-7-10(9)5-13(11)16/h4-5,8,15H,3,6-7H2,1-2H3. The van der Waals surface area contributed by atoms with E-state index in [0.29, 0.717) is 5.56 Å². The molecule has 18 heavy (non-hydrogen) atoms. The van der Waals surface area contributed by atoms with Crippen molar-refractivity contribution in [3.05, 3.63) is 35.0 Å². The molecule has 2 heterocycles. The quantitative estimate of drug-likeness (QED) is 0.822. The third-order valence-electron chi connectivity index (χ3n) is 3.58. The second-order valence-corrected chi connectivity index (χ2v) is 4.56.